The van der Waals surface area contributed by atoms with Crippen LogP contribution in [0.5, 0.6) is 0 Å². The van der Waals surface area contributed by atoms with Crippen molar-refractivity contribution in [2.75, 3.05) is 37.2 Å². The third-order valence-electron chi connectivity index (χ3n) is 4.90. The van der Waals surface area contributed by atoms with Crippen LogP contribution < -0.4 is 4.90 Å². The predicted octanol–water partition coefficient (Wildman–Crippen LogP) is 4.12. The molecule has 148 valence electrons. The quantitative estimate of drug-likeness (QED) is 0.720. The highest BCUT2D eigenvalue weighted by Crippen LogP contribution is 2.34. The average molecular weight is 399 g/mol. The maximum Gasteiger partial charge on any atom is 0.164 e. The number of hydrogen-bond acceptors (Lipinski definition) is 5. The lowest BCUT2D eigenvalue weighted by Crippen LogP contribution is -2.43. The minimum Gasteiger partial charge on any atom is -0.377 e. The molecule has 1 atom stereocenters. The Labute approximate surface area is 166 Å². The molecule has 1 aromatic carbocycles. The highest BCUT2D eigenvalue weighted by molar-refractivity contribution is 7.92. The van der Waals surface area contributed by atoms with Crippen LogP contribution in [0.2, 0.25) is 0 Å². The zero-order valence-electron chi connectivity index (χ0n) is 16.7. The van der Waals surface area contributed by atoms with Crippen LogP contribution >= 0.6 is 0 Å². The molecule has 0 unspecified atom stereocenters. The summed E-state index contributed by atoms with van der Waals surface area (Å²) in [6.07, 6.45) is 5.21. The highest BCUT2D eigenvalue weighted by Gasteiger charge is 2.21. The van der Waals surface area contributed by atoms with Gasteiger partial charge in [0.05, 0.1) is 18.9 Å². The first kappa shape index (κ1) is 19.0. The van der Waals surface area contributed by atoms with Gasteiger partial charge in [-0.3, -0.25) is 0 Å². The van der Waals surface area contributed by atoms with Crippen molar-refractivity contribution >= 4 is 32.1 Å². The molecule has 3 heterocycles. The number of fused-ring (bicyclic) bond motifs is 1. The first-order valence-electron chi connectivity index (χ1n) is 9.42. The second-order valence-electron chi connectivity index (χ2n) is 7.71. The first-order valence-corrected chi connectivity index (χ1v) is 11.7. The summed E-state index contributed by atoms with van der Waals surface area (Å²) in [6.45, 7) is 6.42. The molecule has 28 heavy (non-hydrogen) atoms. The van der Waals surface area contributed by atoms with E-state index in [1.54, 1.807) is 12.5 Å². The third kappa shape index (κ3) is 3.91. The number of morpholine rings is 1. The molecule has 0 amide bonds. The van der Waals surface area contributed by atoms with Gasteiger partial charge in [-0.15, -0.1) is 0 Å². The van der Waals surface area contributed by atoms with Gasteiger partial charge < -0.3 is 14.6 Å². The van der Waals surface area contributed by atoms with E-state index in [1.807, 2.05) is 12.3 Å². The van der Waals surface area contributed by atoms with Gasteiger partial charge >= 0.3 is 0 Å². The van der Waals surface area contributed by atoms with Crippen molar-refractivity contribution in [1.29, 1.82) is 0 Å². The monoisotopic (exact) mass is 398 g/mol. The van der Waals surface area contributed by atoms with Crippen LogP contribution in [-0.2, 0) is 14.5 Å². The van der Waals surface area contributed by atoms with Gasteiger partial charge in [-0.1, -0.05) is 0 Å². The number of H-pyrrole nitrogens is 1. The van der Waals surface area contributed by atoms with Crippen LogP contribution in [0, 0.1) is 6.92 Å². The molecule has 4 rings (SSSR count). The summed E-state index contributed by atoms with van der Waals surface area (Å²) in [5.41, 5.74) is 5.16. The summed E-state index contributed by atoms with van der Waals surface area (Å²) in [5, 5.41) is 1.12. The Morgan fingerprint density at radius 3 is 2.86 bits per heavy atom. The molecule has 1 aliphatic heterocycles. The van der Waals surface area contributed by atoms with E-state index in [0.717, 1.165) is 40.0 Å². The number of nitrogens with zero attached hydrogens (tertiary/aromatic N) is 3. The molecule has 2 aromatic heterocycles. The SMILES string of the molecule is Cc1cc(-c2cc(N3CCOC[C@H]3C)cc(N=S(C)(C)=O)n2)c2cc[nH]c2c1. The van der Waals surface area contributed by atoms with Crippen molar-refractivity contribution in [3.63, 3.8) is 0 Å². The van der Waals surface area contributed by atoms with Crippen LogP contribution in [0.4, 0.5) is 11.5 Å². The van der Waals surface area contributed by atoms with Gasteiger partial charge in [-0.25, -0.2) is 9.19 Å². The largest absolute Gasteiger partial charge is 0.377 e. The fourth-order valence-electron chi connectivity index (χ4n) is 3.71. The van der Waals surface area contributed by atoms with E-state index in [1.165, 1.54) is 0 Å². The minimum atomic E-state index is -2.31. The molecular formula is C21H26N4O2S. The number of aryl methyl sites for hydroxylation is 1. The normalized spacial score (nSPS) is 17.9. The van der Waals surface area contributed by atoms with E-state index in [4.69, 9.17) is 9.72 Å². The number of aromatic amines is 1. The number of anilines is 1. The Morgan fingerprint density at radius 2 is 2.11 bits per heavy atom. The smallest absolute Gasteiger partial charge is 0.164 e. The summed E-state index contributed by atoms with van der Waals surface area (Å²) in [7, 11) is -2.31. The van der Waals surface area contributed by atoms with Crippen molar-refractivity contribution in [3.05, 3.63) is 42.1 Å². The van der Waals surface area contributed by atoms with Gasteiger partial charge in [-0.2, -0.15) is 4.36 Å². The Morgan fingerprint density at radius 1 is 1.29 bits per heavy atom. The van der Waals surface area contributed by atoms with Crippen LogP contribution in [-0.4, -0.2) is 52.5 Å². The topological polar surface area (TPSA) is 70.6 Å². The number of pyridine rings is 1. The Hall–Kier alpha value is -2.38. The third-order valence-corrected chi connectivity index (χ3v) is 5.53. The van der Waals surface area contributed by atoms with Crippen LogP contribution in [0.15, 0.2) is 40.9 Å². The summed E-state index contributed by atoms with van der Waals surface area (Å²) < 4.78 is 22.3. The molecule has 1 aliphatic rings. The fourth-order valence-corrected chi connectivity index (χ4v) is 4.26. The molecule has 3 aromatic rings. The lowest BCUT2D eigenvalue weighted by molar-refractivity contribution is 0.0989. The van der Waals surface area contributed by atoms with Crippen molar-refractivity contribution < 1.29 is 8.95 Å². The van der Waals surface area contributed by atoms with Gasteiger partial charge in [0.2, 0.25) is 0 Å². The van der Waals surface area contributed by atoms with Crippen LogP contribution in [0.3, 0.4) is 0 Å². The molecule has 0 saturated carbocycles. The number of benzene rings is 1. The van der Waals surface area contributed by atoms with E-state index < -0.39 is 9.73 Å². The van der Waals surface area contributed by atoms with E-state index in [0.29, 0.717) is 19.0 Å². The molecule has 1 fully saturated rings. The van der Waals surface area contributed by atoms with Crippen molar-refractivity contribution in [3.8, 4) is 11.3 Å². The second kappa shape index (κ2) is 7.22. The predicted molar refractivity (Wildman–Crippen MR) is 116 cm³/mol. The molecular weight excluding hydrogens is 372 g/mol. The molecule has 0 bridgehead atoms. The van der Waals surface area contributed by atoms with Gasteiger partial charge in [0.25, 0.3) is 0 Å². The lowest BCUT2D eigenvalue weighted by atomic mass is 10.0. The Balaban J connectivity index is 1.93. The molecule has 6 nitrogen and oxygen atoms in total. The van der Waals surface area contributed by atoms with Crippen LogP contribution in [0.1, 0.15) is 12.5 Å². The molecule has 1 saturated heterocycles. The fraction of sp³-hybridized carbons (Fsp3) is 0.381. The minimum absolute atomic E-state index is 0.259. The summed E-state index contributed by atoms with van der Waals surface area (Å²) >= 11 is 0. The zero-order chi connectivity index (χ0) is 19.9. The first-order chi connectivity index (χ1) is 13.3. The van der Waals surface area contributed by atoms with Crippen molar-refractivity contribution in [2.45, 2.75) is 19.9 Å². The maximum atomic E-state index is 12.3. The van der Waals surface area contributed by atoms with E-state index in [2.05, 4.69) is 52.4 Å². The average Bonchev–Trinajstić information content (AvgIpc) is 3.08. The lowest BCUT2D eigenvalue weighted by Gasteiger charge is -2.35. The van der Waals surface area contributed by atoms with E-state index in [9.17, 15) is 4.21 Å². The standard InChI is InChI=1S/C21H26N4O2S/c1-14-9-18(17-5-6-22-19(17)10-14)20-11-16(25-7-8-27-13-15(25)2)12-21(23-20)24-28(3,4)26/h5-6,9-12,15,22H,7-8,13H2,1-4H3/t15-/m1/s1. The number of ether oxygens (including phenoxy) is 1. The van der Waals surface area contributed by atoms with Gasteiger partial charge in [0.15, 0.2) is 5.82 Å². The molecule has 7 heteroatoms. The van der Waals surface area contributed by atoms with Gasteiger partial charge in [0, 0.05) is 69.2 Å². The van der Waals surface area contributed by atoms with E-state index in [-0.39, 0.29) is 6.04 Å². The molecule has 0 spiro atoms. The van der Waals surface area contributed by atoms with Crippen LogP contribution in [0.25, 0.3) is 22.2 Å². The Kier molecular flexibility index (Phi) is 4.89. The van der Waals surface area contributed by atoms with Gasteiger partial charge in [0.1, 0.15) is 0 Å². The summed E-state index contributed by atoms with van der Waals surface area (Å²) in [5.74, 6) is 0.506. The summed E-state index contributed by atoms with van der Waals surface area (Å²) in [6, 6.07) is 10.6. The number of nitrogens with one attached hydrogen (secondary N) is 1. The number of hydrogen-bond donors (Lipinski definition) is 1. The summed E-state index contributed by atoms with van der Waals surface area (Å²) in [4.78, 5) is 10.4. The Bertz CT molecular complexity index is 1140. The molecule has 1 N–H and O–H groups in total. The second-order valence-corrected chi connectivity index (χ2v) is 10.3. The maximum absolute atomic E-state index is 12.3. The molecule has 0 aliphatic carbocycles. The number of aromatic nitrogens is 2. The highest BCUT2D eigenvalue weighted by atomic mass is 32.2. The van der Waals surface area contributed by atoms with Crippen molar-refractivity contribution in [2.24, 2.45) is 4.36 Å². The van der Waals surface area contributed by atoms with E-state index >= 15 is 0 Å². The van der Waals surface area contributed by atoms with Gasteiger partial charge in [-0.05, 0) is 43.7 Å². The molecule has 0 radical (unpaired) electrons. The van der Waals surface area contributed by atoms with Crippen molar-refractivity contribution in [1.82, 2.24) is 9.97 Å². The zero-order valence-corrected chi connectivity index (χ0v) is 17.5. The number of rotatable bonds is 3.